The lowest BCUT2D eigenvalue weighted by Crippen LogP contribution is -2.06. The number of fused-ring (bicyclic) bond motifs is 1. The van der Waals surface area contributed by atoms with Crippen molar-refractivity contribution in [3.63, 3.8) is 0 Å². The average Bonchev–Trinajstić information content (AvgIpc) is 2.99. The molecule has 0 atom stereocenters. The number of benzene rings is 2. The van der Waals surface area contributed by atoms with Crippen LogP contribution in [0.15, 0.2) is 60.8 Å². The van der Waals surface area contributed by atoms with E-state index in [1.54, 1.807) is 7.11 Å². The first-order chi connectivity index (χ1) is 14.1. The number of pyridine rings is 1. The zero-order valence-corrected chi connectivity index (χ0v) is 18.8. The monoisotopic (exact) mass is 442 g/mol. The molecular weight excluding hydrogens is 419 g/mol. The van der Waals surface area contributed by atoms with Crippen molar-refractivity contribution in [1.29, 1.82) is 0 Å². The summed E-state index contributed by atoms with van der Waals surface area (Å²) in [4.78, 5) is 4.63. The zero-order chi connectivity index (χ0) is 20.4. The van der Waals surface area contributed by atoms with Gasteiger partial charge in [0.2, 0.25) is 0 Å². The predicted molar refractivity (Wildman–Crippen MR) is 124 cm³/mol. The summed E-state index contributed by atoms with van der Waals surface area (Å²) in [7, 11) is 1.69. The minimum Gasteiger partial charge on any atom is -0.497 e. The van der Waals surface area contributed by atoms with Crippen LogP contribution in [0.2, 0.25) is 5.02 Å². The quantitative estimate of drug-likeness (QED) is 0.348. The van der Waals surface area contributed by atoms with Crippen LogP contribution in [-0.4, -0.2) is 16.7 Å². The SMILES string of the molecule is COc1cccc(Cn2c(C)c(C)c3ccnc(COc4ccc(Cl)cc4)c32)c1.Cl. The van der Waals surface area contributed by atoms with E-state index in [0.717, 1.165) is 29.3 Å². The summed E-state index contributed by atoms with van der Waals surface area (Å²) in [6, 6.07) is 17.6. The van der Waals surface area contributed by atoms with Crippen LogP contribution in [0.4, 0.5) is 0 Å². The van der Waals surface area contributed by atoms with Crippen molar-refractivity contribution in [1.82, 2.24) is 9.55 Å². The molecule has 0 saturated carbocycles. The van der Waals surface area contributed by atoms with Gasteiger partial charge in [-0.3, -0.25) is 4.98 Å². The molecule has 0 fully saturated rings. The van der Waals surface area contributed by atoms with Gasteiger partial charge in [-0.05, 0) is 67.4 Å². The van der Waals surface area contributed by atoms with E-state index in [0.29, 0.717) is 11.6 Å². The molecule has 0 spiro atoms. The molecule has 30 heavy (non-hydrogen) atoms. The van der Waals surface area contributed by atoms with Crippen molar-refractivity contribution in [2.24, 2.45) is 0 Å². The first-order valence-electron chi connectivity index (χ1n) is 9.51. The van der Waals surface area contributed by atoms with E-state index in [2.05, 4.69) is 41.6 Å². The number of ether oxygens (including phenoxy) is 2. The van der Waals surface area contributed by atoms with E-state index in [9.17, 15) is 0 Å². The van der Waals surface area contributed by atoms with Crippen molar-refractivity contribution >= 4 is 34.9 Å². The summed E-state index contributed by atoms with van der Waals surface area (Å²) < 4.78 is 13.7. The van der Waals surface area contributed by atoms with Crippen LogP contribution in [0, 0.1) is 13.8 Å². The molecule has 0 aliphatic carbocycles. The molecule has 4 rings (SSSR count). The van der Waals surface area contributed by atoms with Crippen LogP contribution in [0.5, 0.6) is 11.5 Å². The number of aromatic nitrogens is 2. The largest absolute Gasteiger partial charge is 0.497 e. The van der Waals surface area contributed by atoms with E-state index in [1.165, 1.54) is 22.2 Å². The Bertz CT molecular complexity index is 1150. The van der Waals surface area contributed by atoms with Crippen LogP contribution >= 0.6 is 24.0 Å². The van der Waals surface area contributed by atoms with Gasteiger partial charge in [0, 0.05) is 28.8 Å². The van der Waals surface area contributed by atoms with Gasteiger partial charge >= 0.3 is 0 Å². The van der Waals surface area contributed by atoms with Gasteiger partial charge in [-0.25, -0.2) is 0 Å². The van der Waals surface area contributed by atoms with Gasteiger partial charge in [0.25, 0.3) is 0 Å². The van der Waals surface area contributed by atoms with Crippen LogP contribution in [0.25, 0.3) is 10.9 Å². The zero-order valence-electron chi connectivity index (χ0n) is 17.2. The average molecular weight is 443 g/mol. The van der Waals surface area contributed by atoms with Gasteiger partial charge in [0.05, 0.1) is 12.6 Å². The van der Waals surface area contributed by atoms with Crippen LogP contribution in [-0.2, 0) is 13.2 Å². The second-order valence-corrected chi connectivity index (χ2v) is 7.48. The minimum atomic E-state index is 0. The molecular formula is C24H24Cl2N2O2. The van der Waals surface area contributed by atoms with Crippen LogP contribution in [0.3, 0.4) is 0 Å². The summed E-state index contributed by atoms with van der Waals surface area (Å²) in [5.74, 6) is 1.63. The van der Waals surface area contributed by atoms with Crippen LogP contribution < -0.4 is 9.47 Å². The molecule has 0 amide bonds. The molecule has 2 aromatic heterocycles. The number of hydrogen-bond donors (Lipinski definition) is 0. The van der Waals surface area contributed by atoms with Gasteiger partial charge in [-0.1, -0.05) is 23.7 Å². The van der Waals surface area contributed by atoms with Crippen molar-refractivity contribution in [3.05, 3.63) is 88.3 Å². The maximum Gasteiger partial charge on any atom is 0.132 e. The molecule has 0 unspecified atom stereocenters. The fourth-order valence-corrected chi connectivity index (χ4v) is 3.73. The molecule has 0 N–H and O–H groups in total. The number of nitrogens with zero attached hydrogens (tertiary/aromatic N) is 2. The van der Waals surface area contributed by atoms with Crippen molar-refractivity contribution < 1.29 is 9.47 Å². The molecule has 6 heteroatoms. The molecule has 0 saturated heterocycles. The van der Waals surface area contributed by atoms with E-state index >= 15 is 0 Å². The molecule has 0 aliphatic rings. The predicted octanol–water partition coefficient (Wildman–Crippen LogP) is 6.36. The maximum atomic E-state index is 5.99. The molecule has 4 nitrogen and oxygen atoms in total. The number of rotatable bonds is 6. The standard InChI is InChI=1S/C24H23ClN2O2.ClH/c1-16-17(2)27(14-18-5-4-6-21(13-18)28-3)24-22(16)11-12-26-23(24)15-29-20-9-7-19(25)8-10-20;/h4-13H,14-15H2,1-3H3;1H. The van der Waals surface area contributed by atoms with Gasteiger partial charge in [-0.15, -0.1) is 12.4 Å². The highest BCUT2D eigenvalue weighted by Gasteiger charge is 2.16. The van der Waals surface area contributed by atoms with E-state index < -0.39 is 0 Å². The fourth-order valence-electron chi connectivity index (χ4n) is 3.61. The summed E-state index contributed by atoms with van der Waals surface area (Å²) in [6.07, 6.45) is 1.85. The Balaban J connectivity index is 0.00000256. The molecule has 0 radical (unpaired) electrons. The van der Waals surface area contributed by atoms with Gasteiger partial charge < -0.3 is 14.0 Å². The number of halogens is 2. The second-order valence-electron chi connectivity index (χ2n) is 7.04. The summed E-state index contributed by atoms with van der Waals surface area (Å²) in [6.45, 7) is 5.44. The fraction of sp³-hybridized carbons (Fsp3) is 0.208. The lowest BCUT2D eigenvalue weighted by molar-refractivity contribution is 0.302. The first-order valence-corrected chi connectivity index (χ1v) is 9.89. The van der Waals surface area contributed by atoms with Crippen molar-refractivity contribution in [3.8, 4) is 11.5 Å². The maximum absolute atomic E-state index is 5.99. The molecule has 0 bridgehead atoms. The molecule has 2 heterocycles. The Kier molecular flexibility index (Phi) is 6.91. The van der Waals surface area contributed by atoms with E-state index in [4.69, 9.17) is 21.1 Å². The Morgan fingerprint density at radius 2 is 1.77 bits per heavy atom. The van der Waals surface area contributed by atoms with E-state index in [1.807, 2.05) is 42.6 Å². The minimum absolute atomic E-state index is 0. The third kappa shape index (κ3) is 4.40. The normalized spacial score (nSPS) is 10.7. The highest BCUT2D eigenvalue weighted by atomic mass is 35.5. The molecule has 2 aromatic carbocycles. The Labute approximate surface area is 187 Å². The molecule has 4 aromatic rings. The number of methoxy groups -OCH3 is 1. The Morgan fingerprint density at radius 3 is 2.50 bits per heavy atom. The van der Waals surface area contributed by atoms with Gasteiger partial charge in [0.1, 0.15) is 23.8 Å². The Hall–Kier alpha value is -2.69. The van der Waals surface area contributed by atoms with E-state index in [-0.39, 0.29) is 12.4 Å². The summed E-state index contributed by atoms with van der Waals surface area (Å²) in [5.41, 5.74) is 5.69. The molecule has 156 valence electrons. The van der Waals surface area contributed by atoms with Crippen LogP contribution in [0.1, 0.15) is 22.5 Å². The topological polar surface area (TPSA) is 36.3 Å². The first kappa shape index (κ1) is 22.0. The Morgan fingerprint density at radius 1 is 1.00 bits per heavy atom. The smallest absolute Gasteiger partial charge is 0.132 e. The lowest BCUT2D eigenvalue weighted by Gasteiger charge is -2.13. The summed E-state index contributed by atoms with van der Waals surface area (Å²) >= 11 is 5.97. The highest BCUT2D eigenvalue weighted by molar-refractivity contribution is 6.30. The lowest BCUT2D eigenvalue weighted by atomic mass is 10.2. The third-order valence-corrected chi connectivity index (χ3v) is 5.54. The number of hydrogen-bond acceptors (Lipinski definition) is 3. The second kappa shape index (κ2) is 9.41. The summed E-state index contributed by atoms with van der Waals surface area (Å²) in [5, 5.41) is 1.89. The number of aryl methyl sites for hydroxylation is 1. The van der Waals surface area contributed by atoms with Gasteiger partial charge in [-0.2, -0.15) is 0 Å². The van der Waals surface area contributed by atoms with Crippen molar-refractivity contribution in [2.45, 2.75) is 27.0 Å². The van der Waals surface area contributed by atoms with Crippen molar-refractivity contribution in [2.75, 3.05) is 7.11 Å². The van der Waals surface area contributed by atoms with Gasteiger partial charge in [0.15, 0.2) is 0 Å². The third-order valence-electron chi connectivity index (χ3n) is 5.29. The highest BCUT2D eigenvalue weighted by Crippen LogP contribution is 2.29. The molecule has 0 aliphatic heterocycles.